The van der Waals surface area contributed by atoms with Gasteiger partial charge in [0, 0.05) is 37.2 Å². The van der Waals surface area contributed by atoms with Crippen LogP contribution >= 0.6 is 0 Å². The minimum Gasteiger partial charge on any atom is -0.384 e. The average molecular weight is 242 g/mol. The molecule has 0 radical (unpaired) electrons. The third kappa shape index (κ3) is 1.71. The Labute approximate surface area is 105 Å². The van der Waals surface area contributed by atoms with Crippen molar-refractivity contribution in [2.24, 2.45) is 5.73 Å². The van der Waals surface area contributed by atoms with Gasteiger partial charge in [-0.05, 0) is 6.07 Å². The molecule has 0 bridgehead atoms. The summed E-state index contributed by atoms with van der Waals surface area (Å²) >= 11 is 0. The molecule has 0 spiro atoms. The molecule has 0 saturated carbocycles. The Morgan fingerprint density at radius 1 is 1.33 bits per heavy atom. The van der Waals surface area contributed by atoms with Crippen LogP contribution in [0.15, 0.2) is 30.9 Å². The number of nitrogens with one attached hydrogen (secondary N) is 1. The second-order valence-electron chi connectivity index (χ2n) is 4.26. The standard InChI is InChI=1S/C12H14N6/c13-12(14)9-1-2-15-7-10(9)18-6-5-17-4-3-16-11(17)8-18/h1-4,7H,5-6,8H2,(H3,13,14). The summed E-state index contributed by atoms with van der Waals surface area (Å²) in [5.74, 6) is 1.10. The molecule has 6 nitrogen and oxygen atoms in total. The molecular formula is C12H14N6. The van der Waals surface area contributed by atoms with Gasteiger partial charge >= 0.3 is 0 Å². The van der Waals surface area contributed by atoms with Crippen molar-refractivity contribution < 1.29 is 0 Å². The zero-order valence-electron chi connectivity index (χ0n) is 9.87. The Kier molecular flexibility index (Phi) is 2.47. The summed E-state index contributed by atoms with van der Waals surface area (Å²) in [6.45, 7) is 2.48. The summed E-state index contributed by atoms with van der Waals surface area (Å²) in [6.07, 6.45) is 7.22. The van der Waals surface area contributed by atoms with Gasteiger partial charge in [0.1, 0.15) is 11.7 Å². The van der Waals surface area contributed by atoms with Crippen LogP contribution in [0.1, 0.15) is 11.4 Å². The van der Waals surface area contributed by atoms with Crippen LogP contribution in [0.3, 0.4) is 0 Å². The summed E-state index contributed by atoms with van der Waals surface area (Å²) in [5, 5.41) is 7.61. The molecule has 1 aliphatic heterocycles. The number of hydrogen-bond acceptors (Lipinski definition) is 4. The van der Waals surface area contributed by atoms with E-state index in [9.17, 15) is 0 Å². The molecule has 0 atom stereocenters. The summed E-state index contributed by atoms with van der Waals surface area (Å²) in [4.78, 5) is 10.6. The topological polar surface area (TPSA) is 83.8 Å². The van der Waals surface area contributed by atoms with E-state index in [4.69, 9.17) is 11.1 Å². The fourth-order valence-corrected chi connectivity index (χ4v) is 2.24. The molecule has 3 heterocycles. The highest BCUT2D eigenvalue weighted by Crippen LogP contribution is 2.23. The lowest BCUT2D eigenvalue weighted by Crippen LogP contribution is -2.35. The monoisotopic (exact) mass is 242 g/mol. The predicted octanol–water partition coefficient (Wildman–Crippen LogP) is 0.582. The Hall–Kier alpha value is -2.37. The van der Waals surface area contributed by atoms with Gasteiger partial charge in [-0.15, -0.1) is 0 Å². The third-order valence-corrected chi connectivity index (χ3v) is 3.18. The number of nitrogen functional groups attached to an aromatic ring is 1. The number of rotatable bonds is 2. The number of amidine groups is 1. The number of fused-ring (bicyclic) bond motifs is 1. The van der Waals surface area contributed by atoms with E-state index in [1.807, 2.05) is 12.4 Å². The number of pyridine rings is 1. The van der Waals surface area contributed by atoms with Crippen molar-refractivity contribution in [2.75, 3.05) is 11.4 Å². The maximum atomic E-state index is 7.61. The maximum Gasteiger partial charge on any atom is 0.128 e. The lowest BCUT2D eigenvalue weighted by Gasteiger charge is -2.30. The van der Waals surface area contributed by atoms with Crippen LogP contribution in [0.4, 0.5) is 5.69 Å². The largest absolute Gasteiger partial charge is 0.384 e. The van der Waals surface area contributed by atoms with Crippen molar-refractivity contribution in [1.29, 1.82) is 5.41 Å². The Morgan fingerprint density at radius 3 is 3.06 bits per heavy atom. The van der Waals surface area contributed by atoms with Gasteiger partial charge in [-0.25, -0.2) is 4.98 Å². The van der Waals surface area contributed by atoms with E-state index in [2.05, 4.69) is 19.4 Å². The molecule has 0 fully saturated rings. The van der Waals surface area contributed by atoms with Crippen LogP contribution in [-0.2, 0) is 13.1 Å². The number of hydrogen-bond donors (Lipinski definition) is 2. The van der Waals surface area contributed by atoms with Crippen molar-refractivity contribution in [2.45, 2.75) is 13.1 Å². The van der Waals surface area contributed by atoms with E-state index >= 15 is 0 Å². The molecule has 2 aromatic heterocycles. The quantitative estimate of drug-likeness (QED) is 0.596. The molecule has 0 aromatic carbocycles. The molecule has 0 aliphatic carbocycles. The van der Waals surface area contributed by atoms with Crippen molar-refractivity contribution in [3.63, 3.8) is 0 Å². The lowest BCUT2D eigenvalue weighted by atomic mass is 10.2. The molecule has 6 heteroatoms. The normalized spacial score (nSPS) is 14.3. The van der Waals surface area contributed by atoms with Gasteiger partial charge in [-0.1, -0.05) is 0 Å². The van der Waals surface area contributed by atoms with Gasteiger partial charge in [0.2, 0.25) is 0 Å². The van der Waals surface area contributed by atoms with E-state index in [1.54, 1.807) is 18.5 Å². The SMILES string of the molecule is N=C(N)c1ccncc1N1CCn2ccnc2C1. The van der Waals surface area contributed by atoms with Crippen LogP contribution in [0.2, 0.25) is 0 Å². The van der Waals surface area contributed by atoms with Crippen LogP contribution in [0, 0.1) is 5.41 Å². The van der Waals surface area contributed by atoms with Crippen LogP contribution < -0.4 is 10.6 Å². The Bertz CT molecular complexity index is 588. The van der Waals surface area contributed by atoms with Gasteiger partial charge in [0.15, 0.2) is 0 Å². The summed E-state index contributed by atoms with van der Waals surface area (Å²) < 4.78 is 2.14. The first-order valence-electron chi connectivity index (χ1n) is 5.79. The van der Waals surface area contributed by atoms with E-state index in [-0.39, 0.29) is 5.84 Å². The zero-order valence-corrected chi connectivity index (χ0v) is 9.87. The van der Waals surface area contributed by atoms with Crippen molar-refractivity contribution in [3.05, 3.63) is 42.2 Å². The zero-order chi connectivity index (χ0) is 12.5. The number of nitrogens with zero attached hydrogens (tertiary/aromatic N) is 4. The fourth-order valence-electron chi connectivity index (χ4n) is 2.24. The molecule has 3 rings (SSSR count). The minimum atomic E-state index is 0.0707. The molecule has 3 N–H and O–H groups in total. The molecule has 92 valence electrons. The average Bonchev–Trinajstić information content (AvgIpc) is 2.85. The van der Waals surface area contributed by atoms with Crippen molar-refractivity contribution in [1.82, 2.24) is 14.5 Å². The van der Waals surface area contributed by atoms with E-state index in [0.29, 0.717) is 0 Å². The number of aromatic nitrogens is 3. The van der Waals surface area contributed by atoms with Crippen LogP contribution in [0.25, 0.3) is 0 Å². The van der Waals surface area contributed by atoms with Gasteiger partial charge in [-0.2, -0.15) is 0 Å². The highest BCUT2D eigenvalue weighted by atomic mass is 15.2. The summed E-state index contributed by atoms with van der Waals surface area (Å²) in [5.41, 5.74) is 7.23. The molecule has 0 amide bonds. The lowest BCUT2D eigenvalue weighted by molar-refractivity contribution is 0.559. The highest BCUT2D eigenvalue weighted by molar-refractivity contribution is 6.00. The van der Waals surface area contributed by atoms with E-state index in [1.165, 1.54) is 0 Å². The van der Waals surface area contributed by atoms with Gasteiger partial charge in [0.05, 0.1) is 18.4 Å². The molecule has 0 unspecified atom stereocenters. The second kappa shape index (κ2) is 4.14. The minimum absolute atomic E-state index is 0.0707. The van der Waals surface area contributed by atoms with Crippen molar-refractivity contribution in [3.8, 4) is 0 Å². The summed E-state index contributed by atoms with van der Waals surface area (Å²) in [7, 11) is 0. The number of anilines is 1. The van der Waals surface area contributed by atoms with Gasteiger partial charge in [0.25, 0.3) is 0 Å². The van der Waals surface area contributed by atoms with E-state index < -0.39 is 0 Å². The molecule has 0 saturated heterocycles. The Morgan fingerprint density at radius 2 is 2.22 bits per heavy atom. The third-order valence-electron chi connectivity index (χ3n) is 3.18. The van der Waals surface area contributed by atoms with Gasteiger partial charge in [-0.3, -0.25) is 10.4 Å². The molecule has 1 aliphatic rings. The number of nitrogens with two attached hydrogens (primary N) is 1. The van der Waals surface area contributed by atoms with Crippen LogP contribution in [0.5, 0.6) is 0 Å². The van der Waals surface area contributed by atoms with Crippen molar-refractivity contribution >= 4 is 11.5 Å². The first-order chi connectivity index (χ1) is 8.75. The van der Waals surface area contributed by atoms with Crippen LogP contribution in [-0.4, -0.2) is 26.9 Å². The summed E-state index contributed by atoms with van der Waals surface area (Å²) in [6, 6.07) is 1.78. The smallest absolute Gasteiger partial charge is 0.128 e. The first-order valence-corrected chi connectivity index (χ1v) is 5.79. The van der Waals surface area contributed by atoms with Gasteiger partial charge < -0.3 is 15.2 Å². The maximum absolute atomic E-state index is 7.61. The molecule has 18 heavy (non-hydrogen) atoms. The fraction of sp³-hybridized carbons (Fsp3) is 0.250. The Balaban J connectivity index is 1.95. The highest BCUT2D eigenvalue weighted by Gasteiger charge is 2.19. The van der Waals surface area contributed by atoms with E-state index in [0.717, 1.165) is 36.7 Å². The molecular weight excluding hydrogens is 228 g/mol. The first kappa shape index (κ1) is 10.8. The number of imidazole rings is 1. The second-order valence-corrected chi connectivity index (χ2v) is 4.26. The predicted molar refractivity (Wildman–Crippen MR) is 68.5 cm³/mol. The molecule has 2 aromatic rings.